The van der Waals surface area contributed by atoms with Gasteiger partial charge in [-0.3, -0.25) is 4.79 Å². The third kappa shape index (κ3) is 6.44. The van der Waals surface area contributed by atoms with Gasteiger partial charge in [-0.2, -0.15) is 4.31 Å². The zero-order valence-electron chi connectivity index (χ0n) is 16.9. The van der Waals surface area contributed by atoms with E-state index in [0.29, 0.717) is 26.2 Å². The highest BCUT2D eigenvalue weighted by atomic mass is 32.2. The molecule has 8 heteroatoms. The van der Waals surface area contributed by atoms with E-state index in [4.69, 9.17) is 0 Å². The molecule has 1 amide bonds. The molecule has 0 unspecified atom stereocenters. The van der Waals surface area contributed by atoms with Crippen LogP contribution in [0.2, 0.25) is 0 Å². The molecule has 1 aromatic rings. The minimum Gasteiger partial charge on any atom is -0.369 e. The van der Waals surface area contributed by atoms with E-state index in [1.54, 1.807) is 12.1 Å². The Morgan fingerprint density at radius 3 is 2.18 bits per heavy atom. The molecule has 0 spiro atoms. The van der Waals surface area contributed by atoms with E-state index >= 15 is 0 Å². The molecule has 0 bridgehead atoms. The van der Waals surface area contributed by atoms with Crippen LogP contribution in [0.3, 0.4) is 0 Å². The predicted octanol–water partition coefficient (Wildman–Crippen LogP) is 2.61. The highest BCUT2D eigenvalue weighted by Crippen LogP contribution is 2.18. The Labute approximate surface area is 168 Å². The summed E-state index contributed by atoms with van der Waals surface area (Å²) < 4.78 is 39.7. The monoisotopic (exact) mass is 413 g/mol. The van der Waals surface area contributed by atoms with E-state index in [0.717, 1.165) is 31.4 Å². The molecule has 1 aliphatic heterocycles. The summed E-state index contributed by atoms with van der Waals surface area (Å²) in [4.78, 5) is 14.3. The fourth-order valence-corrected chi connectivity index (χ4v) is 4.89. The Morgan fingerprint density at radius 2 is 1.64 bits per heavy atom. The standard InChI is InChI=1S/C20H32FN3O3S/c1-3-5-17(6-4-2)20(25)22-11-16-28(26,27)24-14-12-23(13-15-24)19-9-7-18(21)8-10-19/h7-10,17H,3-6,11-16H2,1-2H3,(H,22,25). The first-order chi connectivity index (χ1) is 13.4. The number of benzene rings is 1. The van der Waals surface area contributed by atoms with Crippen LogP contribution in [0.4, 0.5) is 10.1 Å². The number of piperazine rings is 1. The third-order valence-corrected chi connectivity index (χ3v) is 7.00. The summed E-state index contributed by atoms with van der Waals surface area (Å²) in [6, 6.07) is 6.23. The van der Waals surface area contributed by atoms with Gasteiger partial charge in [0.05, 0.1) is 5.75 Å². The van der Waals surface area contributed by atoms with Gasteiger partial charge in [-0.05, 0) is 37.1 Å². The van der Waals surface area contributed by atoms with E-state index in [1.165, 1.54) is 16.4 Å². The van der Waals surface area contributed by atoms with Gasteiger partial charge in [-0.15, -0.1) is 0 Å². The largest absolute Gasteiger partial charge is 0.369 e. The topological polar surface area (TPSA) is 69.7 Å². The number of anilines is 1. The fourth-order valence-electron chi connectivity index (χ4n) is 3.56. The Morgan fingerprint density at radius 1 is 1.07 bits per heavy atom. The van der Waals surface area contributed by atoms with Gasteiger partial charge in [0, 0.05) is 44.3 Å². The highest BCUT2D eigenvalue weighted by Gasteiger charge is 2.27. The fraction of sp³-hybridized carbons (Fsp3) is 0.650. The molecule has 0 aromatic heterocycles. The molecule has 1 aliphatic rings. The lowest BCUT2D eigenvalue weighted by atomic mass is 9.97. The van der Waals surface area contributed by atoms with Crippen molar-refractivity contribution in [3.63, 3.8) is 0 Å². The Balaban J connectivity index is 1.80. The average Bonchev–Trinajstić information content (AvgIpc) is 2.68. The molecule has 6 nitrogen and oxygen atoms in total. The van der Waals surface area contributed by atoms with Crippen molar-refractivity contribution in [2.24, 2.45) is 5.92 Å². The van der Waals surface area contributed by atoms with Crippen LogP contribution in [0.15, 0.2) is 24.3 Å². The maximum Gasteiger partial charge on any atom is 0.223 e. The van der Waals surface area contributed by atoms with E-state index in [-0.39, 0.29) is 29.9 Å². The predicted molar refractivity (Wildman–Crippen MR) is 110 cm³/mol. The number of amides is 1. The average molecular weight is 414 g/mol. The van der Waals surface area contributed by atoms with Crippen molar-refractivity contribution in [3.05, 3.63) is 30.1 Å². The van der Waals surface area contributed by atoms with Gasteiger partial charge in [0.1, 0.15) is 5.82 Å². The second-order valence-corrected chi connectivity index (χ2v) is 9.33. The minimum atomic E-state index is -3.41. The second kappa shape index (κ2) is 10.8. The van der Waals surface area contributed by atoms with Crippen LogP contribution in [0, 0.1) is 11.7 Å². The Kier molecular flexibility index (Phi) is 8.69. The summed E-state index contributed by atoms with van der Waals surface area (Å²) in [7, 11) is -3.41. The molecule has 1 saturated heterocycles. The maximum atomic E-state index is 13.0. The molecule has 0 saturated carbocycles. The third-order valence-electron chi connectivity index (χ3n) is 5.13. The number of carbonyl (C=O) groups excluding carboxylic acids is 1. The number of hydrogen-bond donors (Lipinski definition) is 1. The van der Waals surface area contributed by atoms with Crippen molar-refractivity contribution >= 4 is 21.6 Å². The van der Waals surface area contributed by atoms with Crippen molar-refractivity contribution in [1.29, 1.82) is 0 Å². The second-order valence-electron chi connectivity index (χ2n) is 7.24. The summed E-state index contributed by atoms with van der Waals surface area (Å²) in [6.07, 6.45) is 3.54. The van der Waals surface area contributed by atoms with Crippen LogP contribution in [-0.4, -0.2) is 57.1 Å². The normalized spacial score (nSPS) is 15.8. The van der Waals surface area contributed by atoms with Crippen LogP contribution in [0.1, 0.15) is 39.5 Å². The molecule has 28 heavy (non-hydrogen) atoms. The van der Waals surface area contributed by atoms with Crippen LogP contribution in [0.25, 0.3) is 0 Å². The summed E-state index contributed by atoms with van der Waals surface area (Å²) in [6.45, 7) is 6.14. The van der Waals surface area contributed by atoms with E-state index in [9.17, 15) is 17.6 Å². The lowest BCUT2D eigenvalue weighted by Gasteiger charge is -2.35. The quantitative estimate of drug-likeness (QED) is 0.640. The van der Waals surface area contributed by atoms with Crippen molar-refractivity contribution in [1.82, 2.24) is 9.62 Å². The highest BCUT2D eigenvalue weighted by molar-refractivity contribution is 7.89. The molecule has 158 valence electrons. The first-order valence-corrected chi connectivity index (χ1v) is 11.7. The lowest BCUT2D eigenvalue weighted by molar-refractivity contribution is -0.125. The summed E-state index contributed by atoms with van der Waals surface area (Å²) in [5.74, 6) is -0.440. The van der Waals surface area contributed by atoms with E-state index in [2.05, 4.69) is 5.32 Å². The number of nitrogens with one attached hydrogen (secondary N) is 1. The van der Waals surface area contributed by atoms with Crippen LogP contribution in [-0.2, 0) is 14.8 Å². The van der Waals surface area contributed by atoms with E-state index < -0.39 is 10.0 Å². The maximum absolute atomic E-state index is 13.0. The Bertz CT molecular complexity index is 711. The van der Waals surface area contributed by atoms with Gasteiger partial charge in [0.15, 0.2) is 0 Å². The van der Waals surface area contributed by atoms with Crippen molar-refractivity contribution < 1.29 is 17.6 Å². The van der Waals surface area contributed by atoms with Gasteiger partial charge < -0.3 is 10.2 Å². The van der Waals surface area contributed by atoms with Crippen LogP contribution in [0.5, 0.6) is 0 Å². The van der Waals surface area contributed by atoms with Crippen LogP contribution < -0.4 is 10.2 Å². The minimum absolute atomic E-state index is 0.0306. The molecule has 0 atom stereocenters. The smallest absolute Gasteiger partial charge is 0.223 e. The molecule has 1 N–H and O–H groups in total. The molecule has 1 aromatic carbocycles. The number of nitrogens with zero attached hydrogens (tertiary/aromatic N) is 2. The molecule has 0 aliphatic carbocycles. The zero-order chi connectivity index (χ0) is 20.6. The molecular weight excluding hydrogens is 381 g/mol. The Hall–Kier alpha value is -1.67. The van der Waals surface area contributed by atoms with Gasteiger partial charge in [0.25, 0.3) is 0 Å². The summed E-state index contributed by atoms with van der Waals surface area (Å²) >= 11 is 0. The molecule has 1 fully saturated rings. The number of carbonyl (C=O) groups is 1. The number of rotatable bonds is 10. The number of sulfonamides is 1. The SMILES string of the molecule is CCCC(CCC)C(=O)NCCS(=O)(=O)N1CCN(c2ccc(F)cc2)CC1. The lowest BCUT2D eigenvalue weighted by Crippen LogP contribution is -2.50. The van der Waals surface area contributed by atoms with Crippen molar-refractivity contribution in [2.75, 3.05) is 43.4 Å². The molecular formula is C20H32FN3O3S. The van der Waals surface area contributed by atoms with Crippen LogP contribution >= 0.6 is 0 Å². The van der Waals surface area contributed by atoms with Crippen molar-refractivity contribution in [3.8, 4) is 0 Å². The van der Waals surface area contributed by atoms with E-state index in [1.807, 2.05) is 18.7 Å². The van der Waals surface area contributed by atoms with Gasteiger partial charge in [0.2, 0.25) is 15.9 Å². The summed E-state index contributed by atoms with van der Waals surface area (Å²) in [5.41, 5.74) is 0.892. The van der Waals surface area contributed by atoms with Gasteiger partial charge >= 0.3 is 0 Å². The zero-order valence-corrected chi connectivity index (χ0v) is 17.7. The van der Waals surface area contributed by atoms with Gasteiger partial charge in [-0.25, -0.2) is 12.8 Å². The number of hydrogen-bond acceptors (Lipinski definition) is 4. The number of halogens is 1. The van der Waals surface area contributed by atoms with Gasteiger partial charge in [-0.1, -0.05) is 26.7 Å². The molecule has 0 radical (unpaired) electrons. The molecule has 1 heterocycles. The first kappa shape index (κ1) is 22.6. The molecule has 2 rings (SSSR count). The summed E-state index contributed by atoms with van der Waals surface area (Å²) in [5, 5.41) is 2.80. The first-order valence-electron chi connectivity index (χ1n) is 10.1. The van der Waals surface area contributed by atoms with Crippen molar-refractivity contribution in [2.45, 2.75) is 39.5 Å².